The lowest BCUT2D eigenvalue weighted by atomic mass is 10.1. The molecule has 0 radical (unpaired) electrons. The van der Waals surface area contributed by atoms with Crippen molar-refractivity contribution in [3.63, 3.8) is 0 Å². The number of anilines is 1. The van der Waals surface area contributed by atoms with Gasteiger partial charge in [0.25, 0.3) is 0 Å². The number of hydrazine groups is 1. The van der Waals surface area contributed by atoms with Crippen LogP contribution < -0.4 is 11.2 Å². The molecule has 9 heteroatoms. The van der Waals surface area contributed by atoms with Crippen LogP contribution in [0.25, 0.3) is 0 Å². The number of urea groups is 1. The summed E-state index contributed by atoms with van der Waals surface area (Å²) in [4.78, 5) is 12.1. The topological polar surface area (TPSA) is 81.8 Å². The maximum absolute atomic E-state index is 12.1. The molecule has 2 amide bonds. The minimum absolute atomic E-state index is 0.420. The van der Waals surface area contributed by atoms with Gasteiger partial charge >= 0.3 is 6.03 Å². The zero-order valence-electron chi connectivity index (χ0n) is 11.4. The molecule has 114 valence electrons. The van der Waals surface area contributed by atoms with E-state index in [1.165, 1.54) is 16.8 Å². The molecule has 0 aromatic heterocycles. The van der Waals surface area contributed by atoms with Gasteiger partial charge < -0.3 is 5.32 Å². The van der Waals surface area contributed by atoms with Gasteiger partial charge in [-0.25, -0.2) is 10.6 Å². The predicted molar refractivity (Wildman–Crippen MR) is 88.2 cm³/mol. The average molecular weight is 347 g/mol. The number of rotatable bonds is 2. The van der Waals surface area contributed by atoms with E-state index in [1.807, 2.05) is 13.8 Å². The van der Waals surface area contributed by atoms with Gasteiger partial charge in [0, 0.05) is 10.7 Å². The molecule has 0 spiro atoms. The fraction of sp³-hybridized carbons (Fsp3) is 0.333. The number of hydroxylamine groups is 2. The largest absolute Gasteiger partial charge is 0.347 e. The SMILES string of the molecule is CC1(C)SC(=S)N(N)[C@H]1N(O)C(=O)Nc1ccc(Cl)cc1. The van der Waals surface area contributed by atoms with Gasteiger partial charge in [0.15, 0.2) is 10.5 Å². The first-order valence-electron chi connectivity index (χ1n) is 6.04. The van der Waals surface area contributed by atoms with Crippen molar-refractivity contribution in [1.29, 1.82) is 0 Å². The van der Waals surface area contributed by atoms with Crippen LogP contribution in [-0.2, 0) is 0 Å². The predicted octanol–water partition coefficient (Wildman–Crippen LogP) is 2.88. The molecule has 6 nitrogen and oxygen atoms in total. The standard InChI is InChI=1S/C12H15ClN4O2S2/c1-12(2)9(16(14)11(20)21-12)17(19)10(18)15-8-5-3-7(13)4-6-8/h3-6,9,19H,14H2,1-2H3,(H,15,18)/t9-/m0/s1. The Hall–Kier alpha value is -1.06. The van der Waals surface area contributed by atoms with Gasteiger partial charge in [-0.05, 0) is 38.1 Å². The van der Waals surface area contributed by atoms with Crippen molar-refractivity contribution in [1.82, 2.24) is 10.1 Å². The Labute approximate surface area is 137 Å². The minimum Gasteiger partial charge on any atom is -0.306 e. The van der Waals surface area contributed by atoms with E-state index in [9.17, 15) is 10.0 Å². The van der Waals surface area contributed by atoms with Crippen LogP contribution in [-0.4, -0.2) is 36.5 Å². The lowest BCUT2D eigenvalue weighted by Gasteiger charge is -2.34. The van der Waals surface area contributed by atoms with Crippen molar-refractivity contribution >= 4 is 51.6 Å². The first-order valence-corrected chi connectivity index (χ1v) is 7.64. The molecule has 21 heavy (non-hydrogen) atoms. The van der Waals surface area contributed by atoms with E-state index < -0.39 is 16.9 Å². The van der Waals surface area contributed by atoms with E-state index in [2.05, 4.69) is 5.32 Å². The van der Waals surface area contributed by atoms with Crippen LogP contribution in [0.4, 0.5) is 10.5 Å². The van der Waals surface area contributed by atoms with E-state index >= 15 is 0 Å². The Morgan fingerprint density at radius 2 is 2.10 bits per heavy atom. The fourth-order valence-electron chi connectivity index (χ4n) is 2.00. The van der Waals surface area contributed by atoms with E-state index in [4.69, 9.17) is 29.7 Å². The highest BCUT2D eigenvalue weighted by molar-refractivity contribution is 8.24. The highest BCUT2D eigenvalue weighted by atomic mass is 35.5. The van der Waals surface area contributed by atoms with Crippen LogP contribution in [0.15, 0.2) is 24.3 Å². The second-order valence-electron chi connectivity index (χ2n) is 5.03. The summed E-state index contributed by atoms with van der Waals surface area (Å²) >= 11 is 12.2. The number of nitrogens with two attached hydrogens (primary N) is 1. The first-order chi connectivity index (χ1) is 9.72. The second kappa shape index (κ2) is 5.98. The molecule has 4 N–H and O–H groups in total. The van der Waals surface area contributed by atoms with E-state index in [0.29, 0.717) is 20.1 Å². The third kappa shape index (κ3) is 3.41. The number of nitrogens with zero attached hydrogens (tertiary/aromatic N) is 2. The third-order valence-electron chi connectivity index (χ3n) is 2.98. The summed E-state index contributed by atoms with van der Waals surface area (Å²) in [5, 5.41) is 15.0. The maximum atomic E-state index is 12.1. The minimum atomic E-state index is -0.762. The molecule has 0 saturated carbocycles. The number of benzene rings is 1. The molecular weight excluding hydrogens is 332 g/mol. The molecule has 1 aromatic rings. The molecule has 1 fully saturated rings. The number of amides is 2. The molecular formula is C12H15ClN4O2S2. The van der Waals surface area contributed by atoms with E-state index in [0.717, 1.165) is 0 Å². The quantitative estimate of drug-likeness (QED) is 0.330. The molecule has 1 heterocycles. The first kappa shape index (κ1) is 16.3. The molecule has 0 bridgehead atoms. The maximum Gasteiger partial charge on any atom is 0.347 e. The molecule has 1 saturated heterocycles. The lowest BCUT2D eigenvalue weighted by Crippen LogP contribution is -2.57. The van der Waals surface area contributed by atoms with E-state index in [-0.39, 0.29) is 0 Å². The van der Waals surface area contributed by atoms with Crippen molar-refractivity contribution in [3.05, 3.63) is 29.3 Å². The van der Waals surface area contributed by atoms with Gasteiger partial charge in [-0.2, -0.15) is 5.06 Å². The Kier molecular flexibility index (Phi) is 4.64. The van der Waals surface area contributed by atoms with Crippen molar-refractivity contribution in [2.75, 3.05) is 5.32 Å². The van der Waals surface area contributed by atoms with Gasteiger partial charge in [0.1, 0.15) is 0 Å². The molecule has 0 aliphatic carbocycles. The number of hydrogen-bond donors (Lipinski definition) is 3. The van der Waals surface area contributed by atoms with Crippen LogP contribution in [0.1, 0.15) is 13.8 Å². The van der Waals surface area contributed by atoms with Crippen LogP contribution in [0.3, 0.4) is 0 Å². The van der Waals surface area contributed by atoms with E-state index in [1.54, 1.807) is 24.3 Å². The Bertz CT molecular complexity index is 567. The summed E-state index contributed by atoms with van der Waals surface area (Å²) in [6.45, 7) is 3.70. The number of carbonyl (C=O) groups is 1. The van der Waals surface area contributed by atoms with Crippen molar-refractivity contribution in [2.24, 2.45) is 5.84 Å². The third-order valence-corrected chi connectivity index (χ3v) is 4.82. The number of thiocarbonyl (C=S) groups is 1. The lowest BCUT2D eigenvalue weighted by molar-refractivity contribution is -0.114. The molecule has 1 atom stereocenters. The van der Waals surface area contributed by atoms with Gasteiger partial charge in [-0.15, -0.1) is 0 Å². The number of thioether (sulfide) groups is 1. The average Bonchev–Trinajstić information content (AvgIpc) is 2.60. The van der Waals surface area contributed by atoms with Gasteiger partial charge in [-0.3, -0.25) is 10.2 Å². The number of halogens is 1. The monoisotopic (exact) mass is 346 g/mol. The number of hydrogen-bond acceptors (Lipinski definition) is 5. The summed E-state index contributed by atoms with van der Waals surface area (Å²) in [5.41, 5.74) is 0.512. The van der Waals surface area contributed by atoms with Gasteiger partial charge in [0.2, 0.25) is 0 Å². The fourth-order valence-corrected chi connectivity index (χ4v) is 3.85. The molecule has 1 aliphatic rings. The summed E-state index contributed by atoms with van der Waals surface area (Å²) in [7, 11) is 0. The van der Waals surface area contributed by atoms with Gasteiger partial charge in [-0.1, -0.05) is 35.6 Å². The zero-order chi connectivity index (χ0) is 15.8. The molecule has 1 aromatic carbocycles. The van der Waals surface area contributed by atoms with Crippen LogP contribution in [0, 0.1) is 0 Å². The summed E-state index contributed by atoms with van der Waals surface area (Å²) < 4.78 is -0.110. The second-order valence-corrected chi connectivity index (χ2v) is 7.76. The Morgan fingerprint density at radius 3 is 2.57 bits per heavy atom. The molecule has 0 unspecified atom stereocenters. The van der Waals surface area contributed by atoms with Crippen molar-refractivity contribution in [3.8, 4) is 0 Å². The Balaban J connectivity index is 2.12. The van der Waals surface area contributed by atoms with Crippen LogP contribution >= 0.6 is 35.6 Å². The zero-order valence-corrected chi connectivity index (χ0v) is 13.8. The molecule has 2 rings (SSSR count). The summed E-state index contributed by atoms with van der Waals surface area (Å²) in [6.07, 6.45) is -0.762. The number of carbonyl (C=O) groups excluding carboxylic acids is 1. The van der Waals surface area contributed by atoms with Crippen molar-refractivity contribution in [2.45, 2.75) is 24.8 Å². The highest BCUT2D eigenvalue weighted by Crippen LogP contribution is 2.40. The Morgan fingerprint density at radius 1 is 1.52 bits per heavy atom. The highest BCUT2D eigenvalue weighted by Gasteiger charge is 2.48. The smallest absolute Gasteiger partial charge is 0.306 e. The van der Waals surface area contributed by atoms with Crippen molar-refractivity contribution < 1.29 is 10.0 Å². The normalized spacial score (nSPS) is 20.5. The summed E-state index contributed by atoms with van der Waals surface area (Å²) in [6, 6.07) is 5.84. The van der Waals surface area contributed by atoms with Crippen LogP contribution in [0.5, 0.6) is 0 Å². The number of nitrogens with one attached hydrogen (secondary N) is 1. The summed E-state index contributed by atoms with van der Waals surface area (Å²) in [5.74, 6) is 5.82. The molecule has 1 aliphatic heterocycles. The van der Waals surface area contributed by atoms with Crippen LogP contribution in [0.2, 0.25) is 5.02 Å². The van der Waals surface area contributed by atoms with Gasteiger partial charge in [0.05, 0.1) is 4.75 Å².